The van der Waals surface area contributed by atoms with Crippen molar-refractivity contribution in [2.45, 2.75) is 25.5 Å². The minimum atomic E-state index is -0.749. The van der Waals surface area contributed by atoms with Crippen molar-refractivity contribution in [1.82, 2.24) is 10.2 Å². The lowest BCUT2D eigenvalue weighted by Crippen LogP contribution is -2.53. The van der Waals surface area contributed by atoms with Crippen LogP contribution >= 0.6 is 11.6 Å². The summed E-state index contributed by atoms with van der Waals surface area (Å²) in [5, 5.41) is 3.45. The van der Waals surface area contributed by atoms with Crippen LogP contribution in [0.15, 0.2) is 24.3 Å². The molecule has 1 saturated heterocycles. The minimum absolute atomic E-state index is 0.0996. The number of hydrogen-bond donors (Lipinski definition) is 1. The number of nitrogens with one attached hydrogen (secondary N) is 1. The molecule has 0 unspecified atom stereocenters. The van der Waals surface area contributed by atoms with Crippen LogP contribution < -0.4 is 5.32 Å². The summed E-state index contributed by atoms with van der Waals surface area (Å²) in [6.07, 6.45) is -0.0203. The van der Waals surface area contributed by atoms with Gasteiger partial charge in [0.05, 0.1) is 6.04 Å². The molecule has 2 amide bonds. The number of hydrogen-bond acceptors (Lipinski definition) is 4. The van der Waals surface area contributed by atoms with Crippen LogP contribution in [0.25, 0.3) is 0 Å². The molecule has 1 aliphatic heterocycles. The standard InChI is InChI=1S/C17H23ClN2O4/c1-3-23-10-4-9-19-17(22)16-15(20(2)14(21)11-24-16)12-5-7-13(18)8-6-12/h5-8,15-16H,3-4,9-11H2,1-2H3,(H,19,22)/t15-,16+/m0/s1. The molecule has 0 spiro atoms. The summed E-state index contributed by atoms with van der Waals surface area (Å²) in [4.78, 5) is 26.0. The maximum absolute atomic E-state index is 12.5. The van der Waals surface area contributed by atoms with Crippen LogP contribution in [0, 0.1) is 0 Å². The van der Waals surface area contributed by atoms with E-state index in [1.165, 1.54) is 0 Å². The number of benzene rings is 1. The molecule has 1 aliphatic rings. The number of carbonyl (C=O) groups excluding carboxylic acids is 2. The highest BCUT2D eigenvalue weighted by Crippen LogP contribution is 2.30. The van der Waals surface area contributed by atoms with Gasteiger partial charge in [-0.05, 0) is 31.0 Å². The van der Waals surface area contributed by atoms with E-state index in [4.69, 9.17) is 21.1 Å². The lowest BCUT2D eigenvalue weighted by Gasteiger charge is -2.38. The molecule has 0 saturated carbocycles. The van der Waals surface area contributed by atoms with Gasteiger partial charge in [-0.15, -0.1) is 0 Å². The Balaban J connectivity index is 2.06. The van der Waals surface area contributed by atoms with Crippen molar-refractivity contribution in [3.63, 3.8) is 0 Å². The van der Waals surface area contributed by atoms with Crippen molar-refractivity contribution in [2.75, 3.05) is 33.4 Å². The van der Waals surface area contributed by atoms with Crippen LogP contribution in [0.5, 0.6) is 0 Å². The zero-order chi connectivity index (χ0) is 17.5. The highest BCUT2D eigenvalue weighted by molar-refractivity contribution is 6.30. The number of rotatable bonds is 7. The Labute approximate surface area is 147 Å². The number of amides is 2. The molecule has 6 nitrogen and oxygen atoms in total. The number of morpholine rings is 1. The zero-order valence-electron chi connectivity index (χ0n) is 14.0. The Bertz CT molecular complexity index is 564. The van der Waals surface area contributed by atoms with Crippen LogP contribution in [0.4, 0.5) is 0 Å². The molecular weight excluding hydrogens is 332 g/mol. The Kier molecular flexibility index (Phi) is 7.02. The van der Waals surface area contributed by atoms with Crippen molar-refractivity contribution in [2.24, 2.45) is 0 Å². The predicted octanol–water partition coefficient (Wildman–Crippen LogP) is 1.78. The molecule has 1 fully saturated rings. The Morgan fingerprint density at radius 2 is 2.12 bits per heavy atom. The molecule has 0 radical (unpaired) electrons. The molecule has 7 heteroatoms. The first-order chi connectivity index (χ1) is 11.5. The van der Waals surface area contributed by atoms with Crippen LogP contribution in [0.2, 0.25) is 5.02 Å². The fourth-order valence-corrected chi connectivity index (χ4v) is 2.75. The summed E-state index contributed by atoms with van der Waals surface area (Å²) < 4.78 is 10.8. The molecule has 1 N–H and O–H groups in total. The molecule has 0 aliphatic carbocycles. The second kappa shape index (κ2) is 9.01. The smallest absolute Gasteiger partial charge is 0.251 e. The summed E-state index contributed by atoms with van der Waals surface area (Å²) in [6.45, 7) is 3.59. The van der Waals surface area contributed by atoms with Crippen molar-refractivity contribution in [3.05, 3.63) is 34.9 Å². The van der Waals surface area contributed by atoms with E-state index >= 15 is 0 Å². The average Bonchev–Trinajstić information content (AvgIpc) is 2.58. The van der Waals surface area contributed by atoms with Crippen molar-refractivity contribution in [3.8, 4) is 0 Å². The van der Waals surface area contributed by atoms with E-state index in [2.05, 4.69) is 5.32 Å². The summed E-state index contributed by atoms with van der Waals surface area (Å²) in [5.74, 6) is -0.388. The third-order valence-electron chi connectivity index (χ3n) is 3.92. The quantitative estimate of drug-likeness (QED) is 0.758. The molecule has 132 valence electrons. The predicted molar refractivity (Wildman–Crippen MR) is 90.8 cm³/mol. The van der Waals surface area contributed by atoms with Crippen molar-refractivity contribution in [1.29, 1.82) is 0 Å². The van der Waals surface area contributed by atoms with Gasteiger partial charge in [-0.1, -0.05) is 23.7 Å². The van der Waals surface area contributed by atoms with Crippen molar-refractivity contribution < 1.29 is 19.1 Å². The van der Waals surface area contributed by atoms with Crippen molar-refractivity contribution >= 4 is 23.4 Å². The van der Waals surface area contributed by atoms with Gasteiger partial charge < -0.3 is 19.7 Å². The average molecular weight is 355 g/mol. The van der Waals surface area contributed by atoms with Gasteiger partial charge in [-0.2, -0.15) is 0 Å². The zero-order valence-corrected chi connectivity index (χ0v) is 14.7. The Morgan fingerprint density at radius 3 is 2.79 bits per heavy atom. The van der Waals surface area contributed by atoms with E-state index in [1.807, 2.05) is 6.92 Å². The lowest BCUT2D eigenvalue weighted by molar-refractivity contribution is -0.162. The molecule has 0 bridgehead atoms. The molecule has 1 aromatic carbocycles. The summed E-state index contributed by atoms with van der Waals surface area (Å²) in [5.41, 5.74) is 0.810. The van der Waals surface area contributed by atoms with Gasteiger partial charge in [0.2, 0.25) is 5.91 Å². The fraction of sp³-hybridized carbons (Fsp3) is 0.529. The van der Waals surface area contributed by atoms with Gasteiger partial charge in [0, 0.05) is 31.8 Å². The Hall–Kier alpha value is -1.63. The molecule has 1 heterocycles. The van der Waals surface area contributed by atoms with E-state index in [1.54, 1.807) is 36.2 Å². The molecule has 0 aromatic heterocycles. The summed E-state index contributed by atoms with van der Waals surface area (Å²) in [6, 6.07) is 6.61. The van der Waals surface area contributed by atoms with Gasteiger partial charge in [-0.3, -0.25) is 9.59 Å². The third kappa shape index (κ3) is 4.69. The first-order valence-electron chi connectivity index (χ1n) is 8.02. The summed E-state index contributed by atoms with van der Waals surface area (Å²) in [7, 11) is 1.68. The molecule has 2 rings (SSSR count). The normalized spacial score (nSPS) is 21.0. The first-order valence-corrected chi connectivity index (χ1v) is 8.40. The number of ether oxygens (including phenoxy) is 2. The maximum atomic E-state index is 12.5. The van der Waals surface area contributed by atoms with E-state index in [9.17, 15) is 9.59 Å². The van der Waals surface area contributed by atoms with Gasteiger partial charge in [0.25, 0.3) is 5.91 Å². The maximum Gasteiger partial charge on any atom is 0.251 e. The minimum Gasteiger partial charge on any atom is -0.382 e. The van der Waals surface area contributed by atoms with Gasteiger partial charge >= 0.3 is 0 Å². The SMILES string of the molecule is CCOCCCNC(=O)[C@@H]1OCC(=O)N(C)[C@H]1c1ccc(Cl)cc1. The monoisotopic (exact) mass is 354 g/mol. The van der Waals surface area contributed by atoms with Crippen LogP contribution in [-0.4, -0.2) is 56.2 Å². The topological polar surface area (TPSA) is 67.9 Å². The van der Waals surface area contributed by atoms with E-state index < -0.39 is 12.1 Å². The number of nitrogens with zero attached hydrogens (tertiary/aromatic N) is 1. The molecule has 1 aromatic rings. The number of halogens is 1. The van der Waals surface area contributed by atoms with Gasteiger partial charge in [0.1, 0.15) is 6.61 Å². The van der Waals surface area contributed by atoms with Crippen LogP contribution in [-0.2, 0) is 19.1 Å². The Morgan fingerprint density at radius 1 is 1.42 bits per heavy atom. The molecule has 24 heavy (non-hydrogen) atoms. The second-order valence-corrected chi connectivity index (χ2v) is 6.01. The van der Waals surface area contributed by atoms with E-state index in [-0.39, 0.29) is 18.4 Å². The molecule has 2 atom stereocenters. The second-order valence-electron chi connectivity index (χ2n) is 5.57. The highest BCUT2D eigenvalue weighted by Gasteiger charge is 2.39. The third-order valence-corrected chi connectivity index (χ3v) is 4.17. The lowest BCUT2D eigenvalue weighted by atomic mass is 9.97. The number of likely N-dealkylation sites (N-methyl/N-ethyl adjacent to an activating group) is 1. The van der Waals surface area contributed by atoms with Gasteiger partial charge in [-0.25, -0.2) is 0 Å². The van der Waals surface area contributed by atoms with Gasteiger partial charge in [0.15, 0.2) is 6.10 Å². The summed E-state index contributed by atoms with van der Waals surface area (Å²) >= 11 is 5.92. The van der Waals surface area contributed by atoms with E-state index in [0.29, 0.717) is 24.8 Å². The largest absolute Gasteiger partial charge is 0.382 e. The van der Waals surface area contributed by atoms with E-state index in [0.717, 1.165) is 12.0 Å². The first kappa shape index (κ1) is 18.7. The molecular formula is C17H23ClN2O4. The fourth-order valence-electron chi connectivity index (χ4n) is 2.62. The van der Waals surface area contributed by atoms with Crippen LogP contribution in [0.3, 0.4) is 0 Å². The highest BCUT2D eigenvalue weighted by atomic mass is 35.5. The van der Waals surface area contributed by atoms with Crippen LogP contribution in [0.1, 0.15) is 24.9 Å². The number of carbonyl (C=O) groups is 2.